The molecule has 0 aliphatic carbocycles. The van der Waals surface area contributed by atoms with Crippen molar-refractivity contribution in [3.63, 3.8) is 0 Å². The van der Waals surface area contributed by atoms with Crippen molar-refractivity contribution < 1.29 is 4.39 Å². The van der Waals surface area contributed by atoms with Crippen LogP contribution in [-0.4, -0.2) is 5.33 Å². The molecule has 0 bridgehead atoms. The van der Waals surface area contributed by atoms with Gasteiger partial charge in [0.05, 0.1) is 0 Å². The molecule has 1 aromatic rings. The first-order valence-electron chi connectivity index (χ1n) is 4.39. The molecule has 1 rings (SSSR count). The zero-order valence-corrected chi connectivity index (χ0v) is 9.98. The van der Waals surface area contributed by atoms with Gasteiger partial charge in [0.25, 0.3) is 0 Å². The van der Waals surface area contributed by atoms with Gasteiger partial charge in [-0.2, -0.15) is 0 Å². The second kappa shape index (κ2) is 6.20. The molecule has 0 aromatic heterocycles. The Morgan fingerprint density at radius 3 is 2.79 bits per heavy atom. The summed E-state index contributed by atoms with van der Waals surface area (Å²) in [6.45, 7) is 0. The molecule has 0 radical (unpaired) electrons. The number of hydrogen-bond acceptors (Lipinski definition) is 0. The summed E-state index contributed by atoms with van der Waals surface area (Å²) in [6, 6.07) is 4.49. The first-order valence-corrected chi connectivity index (χ1v) is 5.89. The molecule has 0 atom stereocenters. The predicted molar refractivity (Wildman–Crippen MR) is 62.7 cm³/mol. The van der Waals surface area contributed by atoms with E-state index < -0.39 is 0 Å². The monoisotopic (exact) mass is 276 g/mol. The van der Waals surface area contributed by atoms with Crippen LogP contribution < -0.4 is 0 Å². The van der Waals surface area contributed by atoms with Crippen molar-refractivity contribution in [2.75, 3.05) is 5.33 Å². The van der Waals surface area contributed by atoms with Gasteiger partial charge >= 0.3 is 0 Å². The minimum atomic E-state index is -0.289. The fourth-order valence-corrected chi connectivity index (χ4v) is 1.59. The van der Waals surface area contributed by atoms with Crippen molar-refractivity contribution in [3.8, 4) is 0 Å². The summed E-state index contributed by atoms with van der Waals surface area (Å²) in [5, 5.41) is 1.45. The zero-order valence-electron chi connectivity index (χ0n) is 7.64. The third-order valence-electron chi connectivity index (χ3n) is 1.80. The van der Waals surface area contributed by atoms with E-state index in [1.54, 1.807) is 6.07 Å². The number of allylic oxidation sites excluding steroid dienone is 2. The molecular weight excluding hydrogens is 266 g/mol. The Bertz CT molecular complexity index is 323. The lowest BCUT2D eigenvalue weighted by molar-refractivity contribution is 0.627. The third-order valence-corrected chi connectivity index (χ3v) is 2.61. The van der Waals surface area contributed by atoms with Gasteiger partial charge in [-0.25, -0.2) is 4.39 Å². The summed E-state index contributed by atoms with van der Waals surface area (Å²) in [6.07, 6.45) is 5.87. The molecule has 0 aliphatic rings. The number of rotatable bonds is 4. The molecule has 0 aliphatic heterocycles. The lowest BCUT2D eigenvalue weighted by atomic mass is 10.1. The maximum Gasteiger partial charge on any atom is 0.124 e. The van der Waals surface area contributed by atoms with Crippen molar-refractivity contribution in [3.05, 3.63) is 46.8 Å². The van der Waals surface area contributed by atoms with Gasteiger partial charge < -0.3 is 0 Å². The summed E-state index contributed by atoms with van der Waals surface area (Å²) < 4.78 is 12.7. The average Bonchev–Trinajstić information content (AvgIpc) is 2.15. The molecule has 0 saturated heterocycles. The highest BCUT2D eigenvalue weighted by Gasteiger charge is 1.99. The van der Waals surface area contributed by atoms with Crippen LogP contribution in [0.2, 0.25) is 5.02 Å². The Hall–Kier alpha value is -0.340. The molecule has 0 saturated carbocycles. The summed E-state index contributed by atoms with van der Waals surface area (Å²) in [5.74, 6) is -0.289. The van der Waals surface area contributed by atoms with Crippen LogP contribution >= 0.6 is 27.5 Å². The Kier molecular flexibility index (Phi) is 5.20. The van der Waals surface area contributed by atoms with Gasteiger partial charge in [-0.1, -0.05) is 45.7 Å². The van der Waals surface area contributed by atoms with Crippen LogP contribution in [0, 0.1) is 5.82 Å². The minimum Gasteiger partial charge on any atom is -0.207 e. The van der Waals surface area contributed by atoms with Crippen LogP contribution in [0.4, 0.5) is 4.39 Å². The first-order chi connectivity index (χ1) is 6.74. The van der Waals surface area contributed by atoms with Crippen LogP contribution in [0.5, 0.6) is 0 Å². The molecule has 76 valence electrons. The van der Waals surface area contributed by atoms with Crippen LogP contribution in [0.1, 0.15) is 12.0 Å². The standard InChI is InChI=1S/C11H11BrClF/c12-7-3-1-2-4-9-5-6-10(14)8-11(9)13/h1-2,5-6,8H,3-4,7H2. The second-order valence-corrected chi connectivity index (χ2v) is 4.09. The van der Waals surface area contributed by atoms with E-state index in [4.69, 9.17) is 11.6 Å². The lowest BCUT2D eigenvalue weighted by Gasteiger charge is -1.99. The Morgan fingerprint density at radius 1 is 1.36 bits per heavy atom. The van der Waals surface area contributed by atoms with Gasteiger partial charge in [0.1, 0.15) is 5.82 Å². The molecule has 0 amide bonds. The SMILES string of the molecule is Fc1ccc(CC=CCCBr)c(Cl)c1. The molecule has 0 fully saturated rings. The molecular formula is C11H11BrClF. The molecule has 1 aromatic carbocycles. The van der Waals surface area contributed by atoms with Crippen molar-refractivity contribution in [2.45, 2.75) is 12.8 Å². The normalized spacial score (nSPS) is 11.1. The zero-order chi connectivity index (χ0) is 10.4. The largest absolute Gasteiger partial charge is 0.207 e. The van der Waals surface area contributed by atoms with E-state index in [0.29, 0.717) is 5.02 Å². The summed E-state index contributed by atoms with van der Waals surface area (Å²) in [4.78, 5) is 0. The van der Waals surface area contributed by atoms with Crippen molar-refractivity contribution in [1.82, 2.24) is 0 Å². The maximum absolute atomic E-state index is 12.7. The van der Waals surface area contributed by atoms with E-state index in [1.165, 1.54) is 12.1 Å². The van der Waals surface area contributed by atoms with Gasteiger partial charge in [-0.3, -0.25) is 0 Å². The minimum absolute atomic E-state index is 0.289. The Labute approximate surface area is 96.9 Å². The van der Waals surface area contributed by atoms with Crippen molar-refractivity contribution >= 4 is 27.5 Å². The fourth-order valence-electron chi connectivity index (χ4n) is 1.08. The van der Waals surface area contributed by atoms with Gasteiger partial charge in [0.15, 0.2) is 0 Å². The summed E-state index contributed by atoms with van der Waals surface area (Å²) in [5.41, 5.74) is 0.957. The van der Waals surface area contributed by atoms with Gasteiger partial charge in [-0.05, 0) is 30.5 Å². The summed E-state index contributed by atoms with van der Waals surface area (Å²) >= 11 is 9.19. The fraction of sp³-hybridized carbons (Fsp3) is 0.273. The average molecular weight is 278 g/mol. The highest BCUT2D eigenvalue weighted by atomic mass is 79.9. The van der Waals surface area contributed by atoms with Crippen LogP contribution in [0.15, 0.2) is 30.4 Å². The summed E-state index contributed by atoms with van der Waals surface area (Å²) in [7, 11) is 0. The van der Waals surface area contributed by atoms with E-state index in [1.807, 2.05) is 6.08 Å². The molecule has 14 heavy (non-hydrogen) atoms. The highest BCUT2D eigenvalue weighted by molar-refractivity contribution is 9.09. The van der Waals surface area contributed by atoms with Gasteiger partial charge in [0.2, 0.25) is 0 Å². The van der Waals surface area contributed by atoms with E-state index in [0.717, 1.165) is 23.7 Å². The Balaban J connectivity index is 2.59. The number of halogens is 3. The van der Waals surface area contributed by atoms with Gasteiger partial charge in [0, 0.05) is 10.4 Å². The molecule has 0 N–H and O–H groups in total. The molecule has 0 heterocycles. The quantitative estimate of drug-likeness (QED) is 0.566. The molecule has 3 heteroatoms. The van der Waals surface area contributed by atoms with E-state index in [9.17, 15) is 4.39 Å². The smallest absolute Gasteiger partial charge is 0.124 e. The van der Waals surface area contributed by atoms with Crippen LogP contribution in [-0.2, 0) is 6.42 Å². The lowest BCUT2D eigenvalue weighted by Crippen LogP contribution is -1.84. The van der Waals surface area contributed by atoms with Crippen molar-refractivity contribution in [2.24, 2.45) is 0 Å². The topological polar surface area (TPSA) is 0 Å². The third kappa shape index (κ3) is 3.81. The first kappa shape index (κ1) is 11.7. The second-order valence-electron chi connectivity index (χ2n) is 2.89. The van der Waals surface area contributed by atoms with E-state index >= 15 is 0 Å². The van der Waals surface area contributed by atoms with E-state index in [-0.39, 0.29) is 5.82 Å². The molecule has 0 nitrogen and oxygen atoms in total. The maximum atomic E-state index is 12.7. The number of benzene rings is 1. The number of hydrogen-bond donors (Lipinski definition) is 0. The van der Waals surface area contributed by atoms with Crippen LogP contribution in [0.25, 0.3) is 0 Å². The Morgan fingerprint density at radius 2 is 2.14 bits per heavy atom. The van der Waals surface area contributed by atoms with Gasteiger partial charge in [-0.15, -0.1) is 0 Å². The predicted octanol–water partition coefficient (Wildman–Crippen LogP) is 4.36. The molecule has 0 unspecified atom stereocenters. The van der Waals surface area contributed by atoms with Crippen LogP contribution in [0.3, 0.4) is 0 Å². The van der Waals surface area contributed by atoms with E-state index in [2.05, 4.69) is 22.0 Å². The number of alkyl halides is 1. The van der Waals surface area contributed by atoms with Crippen molar-refractivity contribution in [1.29, 1.82) is 0 Å². The molecule has 0 spiro atoms. The highest BCUT2D eigenvalue weighted by Crippen LogP contribution is 2.17.